The highest BCUT2D eigenvalue weighted by Gasteiger charge is 2.16. The molecule has 0 atom stereocenters. The summed E-state index contributed by atoms with van der Waals surface area (Å²) in [5, 5.41) is 8.14. The zero-order valence-electron chi connectivity index (χ0n) is 22.4. The van der Waals surface area contributed by atoms with Crippen molar-refractivity contribution in [1.29, 1.82) is 0 Å². The lowest BCUT2D eigenvalue weighted by molar-refractivity contribution is 0.0527. The zero-order chi connectivity index (χ0) is 27.0. The van der Waals surface area contributed by atoms with E-state index in [0.717, 1.165) is 24.8 Å². The number of hydrogen-bond donors (Lipinski definition) is 3. The number of hydrogen-bond acceptors (Lipinski definition) is 7. The molecule has 0 aliphatic rings. The van der Waals surface area contributed by atoms with E-state index >= 15 is 0 Å². The van der Waals surface area contributed by atoms with E-state index in [9.17, 15) is 14.4 Å². The number of aryl methyl sites for hydroxylation is 2. The highest BCUT2D eigenvalue weighted by atomic mass is 16.6. The molecule has 1 rings (SSSR count). The fourth-order valence-electron chi connectivity index (χ4n) is 2.72. The van der Waals surface area contributed by atoms with Crippen molar-refractivity contribution in [3.05, 3.63) is 23.5 Å². The van der Waals surface area contributed by atoms with Crippen molar-refractivity contribution in [2.45, 2.75) is 85.7 Å². The Morgan fingerprint density at radius 1 is 1.00 bits per heavy atom. The van der Waals surface area contributed by atoms with Gasteiger partial charge in [0.1, 0.15) is 5.60 Å². The van der Waals surface area contributed by atoms with Gasteiger partial charge in [-0.25, -0.2) is 14.4 Å². The third-order valence-corrected chi connectivity index (χ3v) is 4.59. The van der Waals surface area contributed by atoms with Crippen molar-refractivity contribution in [2.75, 3.05) is 25.1 Å². The first-order valence-electron chi connectivity index (χ1n) is 12.4. The van der Waals surface area contributed by atoms with Gasteiger partial charge in [-0.15, -0.1) is 4.99 Å². The van der Waals surface area contributed by atoms with Gasteiger partial charge in [0.05, 0.1) is 24.6 Å². The van der Waals surface area contributed by atoms with Gasteiger partial charge in [-0.3, -0.25) is 10.3 Å². The van der Waals surface area contributed by atoms with Crippen LogP contribution in [0.25, 0.3) is 0 Å². The molecule has 0 unspecified atom stereocenters. The average Bonchev–Trinajstić information content (AvgIpc) is 2.78. The molecule has 11 heteroatoms. The fraction of sp³-hybridized carbons (Fsp3) is 0.640. The minimum absolute atomic E-state index is 0.119. The molecule has 0 fully saturated rings. The quantitative estimate of drug-likeness (QED) is 0.163. The smallest absolute Gasteiger partial charge is 0.436 e. The van der Waals surface area contributed by atoms with Crippen LogP contribution in [0, 0.1) is 6.92 Å². The van der Waals surface area contributed by atoms with Crippen molar-refractivity contribution in [2.24, 2.45) is 4.99 Å². The molecule has 3 amide bonds. The summed E-state index contributed by atoms with van der Waals surface area (Å²) >= 11 is 0. The number of nitrogens with zero attached hydrogens (tertiary/aromatic N) is 2. The number of nitrogens with one attached hydrogen (secondary N) is 3. The van der Waals surface area contributed by atoms with E-state index in [2.05, 4.69) is 25.9 Å². The second-order valence-electron chi connectivity index (χ2n) is 9.18. The molecule has 202 valence electrons. The largest absolute Gasteiger partial charge is 0.449 e. The maximum absolute atomic E-state index is 12.2. The first-order valence-corrected chi connectivity index (χ1v) is 12.4. The Hall–Kier alpha value is -3.37. The van der Waals surface area contributed by atoms with Gasteiger partial charge in [0, 0.05) is 12.7 Å². The number of carbonyl (C=O) groups is 3. The maximum atomic E-state index is 12.2. The van der Waals surface area contributed by atoms with E-state index in [1.165, 1.54) is 0 Å². The van der Waals surface area contributed by atoms with Crippen molar-refractivity contribution in [1.82, 2.24) is 15.6 Å². The summed E-state index contributed by atoms with van der Waals surface area (Å²) in [5.41, 5.74) is 1.54. The predicted octanol–water partition coefficient (Wildman–Crippen LogP) is 5.08. The van der Waals surface area contributed by atoms with Crippen molar-refractivity contribution in [3.63, 3.8) is 0 Å². The van der Waals surface area contributed by atoms with E-state index in [1.54, 1.807) is 33.9 Å². The Morgan fingerprint density at radius 3 is 2.31 bits per heavy atom. The summed E-state index contributed by atoms with van der Waals surface area (Å²) in [5.74, 6) is -0.119. The molecule has 0 saturated carbocycles. The third-order valence-electron chi connectivity index (χ3n) is 4.59. The van der Waals surface area contributed by atoms with Crippen LogP contribution in [0.2, 0.25) is 0 Å². The molecule has 0 aromatic carbocycles. The summed E-state index contributed by atoms with van der Waals surface area (Å²) in [7, 11) is 0. The summed E-state index contributed by atoms with van der Waals surface area (Å²) in [6.07, 6.45) is 4.19. The molecule has 1 aromatic heterocycles. The van der Waals surface area contributed by atoms with E-state index in [1.807, 2.05) is 19.9 Å². The number of anilines is 1. The lowest BCUT2D eigenvalue weighted by Gasteiger charge is -2.19. The number of carbonyl (C=O) groups excluding carboxylic acids is 3. The van der Waals surface area contributed by atoms with E-state index in [4.69, 9.17) is 14.2 Å². The van der Waals surface area contributed by atoms with Crippen molar-refractivity contribution >= 4 is 29.9 Å². The number of aliphatic imine (C=N–C) groups is 1. The maximum Gasteiger partial charge on any atom is 0.436 e. The number of alkyl carbamates (subject to hydrolysis) is 2. The Kier molecular flexibility index (Phi) is 13.9. The summed E-state index contributed by atoms with van der Waals surface area (Å²) in [4.78, 5) is 44.3. The van der Waals surface area contributed by atoms with Crippen LogP contribution >= 0.6 is 0 Å². The van der Waals surface area contributed by atoms with Gasteiger partial charge in [-0.05, 0) is 65.0 Å². The summed E-state index contributed by atoms with van der Waals surface area (Å²) in [6, 6.07) is 1.85. The van der Waals surface area contributed by atoms with Gasteiger partial charge in [-0.1, -0.05) is 26.7 Å². The second-order valence-corrected chi connectivity index (χ2v) is 9.18. The Balaban J connectivity index is 2.83. The Bertz CT molecular complexity index is 882. The van der Waals surface area contributed by atoms with E-state index in [0.29, 0.717) is 37.2 Å². The number of rotatable bonds is 11. The molecule has 0 aliphatic carbocycles. The lowest BCUT2D eigenvalue weighted by atomic mass is 10.1. The van der Waals surface area contributed by atoms with E-state index in [-0.39, 0.29) is 19.2 Å². The van der Waals surface area contributed by atoms with Gasteiger partial charge in [0.2, 0.25) is 5.96 Å². The average molecular weight is 508 g/mol. The number of guanidine groups is 1. The van der Waals surface area contributed by atoms with Crippen LogP contribution in [0.5, 0.6) is 0 Å². The molecule has 3 N–H and O–H groups in total. The van der Waals surface area contributed by atoms with Crippen molar-refractivity contribution in [3.8, 4) is 0 Å². The van der Waals surface area contributed by atoms with Crippen LogP contribution < -0.4 is 16.0 Å². The SMILES string of the molecule is CCCCOC(=O)/N=C(\NC(=O)OCCCC)Nc1cc(CCCNC(=O)OC(C)(C)C)cnc1C. The van der Waals surface area contributed by atoms with Gasteiger partial charge in [0.15, 0.2) is 0 Å². The molecule has 11 nitrogen and oxygen atoms in total. The van der Waals surface area contributed by atoms with Gasteiger partial charge >= 0.3 is 18.3 Å². The topological polar surface area (TPSA) is 140 Å². The number of amides is 3. The zero-order valence-corrected chi connectivity index (χ0v) is 22.4. The van der Waals surface area contributed by atoms with E-state index < -0.39 is 23.9 Å². The summed E-state index contributed by atoms with van der Waals surface area (Å²) < 4.78 is 15.4. The molecular formula is C25H41N5O6. The first kappa shape index (κ1) is 30.7. The standard InChI is InChI=1S/C25H41N5O6/c1-7-9-14-34-23(32)29-21(30-24(33)35-15-10-8-2)28-20-16-19(17-27-18(20)3)12-11-13-26-22(31)36-25(4,5)6/h16-17H,7-15H2,1-6H3,(H,26,31)(H2,28,29,30,32,33). The molecule has 1 aromatic rings. The number of pyridine rings is 1. The highest BCUT2D eigenvalue weighted by Crippen LogP contribution is 2.16. The van der Waals surface area contributed by atoms with Crippen LogP contribution in [-0.4, -0.2) is 54.6 Å². The van der Waals surface area contributed by atoms with Gasteiger partial charge in [0.25, 0.3) is 0 Å². The number of ether oxygens (including phenoxy) is 3. The number of unbranched alkanes of at least 4 members (excludes halogenated alkanes) is 2. The highest BCUT2D eigenvalue weighted by molar-refractivity contribution is 6.06. The predicted molar refractivity (Wildman–Crippen MR) is 138 cm³/mol. The lowest BCUT2D eigenvalue weighted by Crippen LogP contribution is -2.37. The van der Waals surface area contributed by atoms with Crippen LogP contribution in [0.4, 0.5) is 20.1 Å². The van der Waals surface area contributed by atoms with Crippen molar-refractivity contribution < 1.29 is 28.6 Å². The molecule has 0 saturated heterocycles. The van der Waals surface area contributed by atoms with Crippen LogP contribution in [0.3, 0.4) is 0 Å². The van der Waals surface area contributed by atoms with Crippen LogP contribution in [-0.2, 0) is 20.6 Å². The van der Waals surface area contributed by atoms with Gasteiger partial charge < -0.3 is 24.8 Å². The molecule has 1 heterocycles. The third kappa shape index (κ3) is 14.1. The molecule has 0 radical (unpaired) electrons. The Morgan fingerprint density at radius 2 is 1.67 bits per heavy atom. The molecular weight excluding hydrogens is 466 g/mol. The normalized spacial score (nSPS) is 11.4. The fourth-order valence-corrected chi connectivity index (χ4v) is 2.72. The molecule has 0 bridgehead atoms. The minimum Gasteiger partial charge on any atom is -0.449 e. The minimum atomic E-state index is -0.824. The molecule has 0 spiro atoms. The monoisotopic (exact) mass is 507 g/mol. The molecule has 36 heavy (non-hydrogen) atoms. The van der Waals surface area contributed by atoms with Crippen LogP contribution in [0.15, 0.2) is 17.3 Å². The second kappa shape index (κ2) is 16.3. The first-order chi connectivity index (χ1) is 17.0. The Labute approximate surface area is 213 Å². The summed E-state index contributed by atoms with van der Waals surface area (Å²) in [6.45, 7) is 12.1. The molecule has 0 aliphatic heterocycles. The van der Waals surface area contributed by atoms with Gasteiger partial charge in [-0.2, -0.15) is 0 Å². The van der Waals surface area contributed by atoms with Crippen LogP contribution in [0.1, 0.15) is 78.0 Å². The number of aromatic nitrogens is 1.